The van der Waals surface area contributed by atoms with Crippen LogP contribution in [0.1, 0.15) is 37.3 Å². The molecule has 3 rings (SSSR count). The molecule has 28 heavy (non-hydrogen) atoms. The Hall–Kier alpha value is -2.62. The number of nitrogens with one attached hydrogen (secondary N) is 1. The molecule has 1 unspecified atom stereocenters. The van der Waals surface area contributed by atoms with Crippen LogP contribution in [0.15, 0.2) is 48.5 Å². The molecular weight excluding hydrogens is 348 g/mol. The van der Waals surface area contributed by atoms with Crippen LogP contribution >= 0.6 is 0 Å². The number of benzene rings is 2. The molecule has 0 radical (unpaired) electrons. The topological polar surface area (TPSA) is 49.4 Å². The summed E-state index contributed by atoms with van der Waals surface area (Å²) in [4.78, 5) is 27.0. The van der Waals surface area contributed by atoms with E-state index in [9.17, 15) is 9.59 Å². The van der Waals surface area contributed by atoms with Gasteiger partial charge in [0.05, 0.1) is 5.41 Å². The number of carbonyl (C=O) groups is 2. The van der Waals surface area contributed by atoms with Crippen molar-refractivity contribution in [2.45, 2.75) is 39.5 Å². The van der Waals surface area contributed by atoms with E-state index in [1.807, 2.05) is 11.8 Å². The summed E-state index contributed by atoms with van der Waals surface area (Å²) >= 11 is 0. The van der Waals surface area contributed by atoms with Crippen LogP contribution in [-0.4, -0.2) is 36.9 Å². The SMILES string of the molecule is CCC(=O)N1CCCC(Cc2cccc(-c3cccc(C)c3)c2)(C(=O)NC)C1. The molecule has 1 N–H and O–H groups in total. The smallest absolute Gasteiger partial charge is 0.228 e. The van der Waals surface area contributed by atoms with Crippen LogP contribution in [0.3, 0.4) is 0 Å². The Morgan fingerprint density at radius 3 is 2.50 bits per heavy atom. The van der Waals surface area contributed by atoms with Gasteiger partial charge in [0.2, 0.25) is 11.8 Å². The number of amides is 2. The van der Waals surface area contributed by atoms with Crippen LogP contribution in [0.4, 0.5) is 0 Å². The van der Waals surface area contributed by atoms with Gasteiger partial charge in [-0.2, -0.15) is 0 Å². The minimum atomic E-state index is -0.566. The van der Waals surface area contributed by atoms with E-state index in [1.54, 1.807) is 7.05 Å². The first-order valence-electron chi connectivity index (χ1n) is 10.1. The molecule has 1 aliphatic rings. The molecule has 1 saturated heterocycles. The van der Waals surface area contributed by atoms with Crippen LogP contribution in [0, 0.1) is 12.3 Å². The summed E-state index contributed by atoms with van der Waals surface area (Å²) in [5, 5.41) is 2.85. The third-order valence-corrected chi connectivity index (χ3v) is 5.76. The minimum Gasteiger partial charge on any atom is -0.359 e. The van der Waals surface area contributed by atoms with Gasteiger partial charge in [0, 0.05) is 26.6 Å². The second-order valence-corrected chi connectivity index (χ2v) is 7.88. The van der Waals surface area contributed by atoms with Gasteiger partial charge in [-0.25, -0.2) is 0 Å². The second-order valence-electron chi connectivity index (χ2n) is 7.88. The zero-order chi connectivity index (χ0) is 20.1. The third-order valence-electron chi connectivity index (χ3n) is 5.76. The van der Waals surface area contributed by atoms with Crippen molar-refractivity contribution in [3.05, 3.63) is 59.7 Å². The Morgan fingerprint density at radius 1 is 1.11 bits per heavy atom. The van der Waals surface area contributed by atoms with Crippen molar-refractivity contribution in [2.75, 3.05) is 20.1 Å². The fraction of sp³-hybridized carbons (Fsp3) is 0.417. The molecule has 1 aliphatic heterocycles. The van der Waals surface area contributed by atoms with Crippen molar-refractivity contribution in [3.63, 3.8) is 0 Å². The molecule has 4 heteroatoms. The lowest BCUT2D eigenvalue weighted by Gasteiger charge is -2.41. The maximum absolute atomic E-state index is 12.9. The van der Waals surface area contributed by atoms with Crippen LogP contribution < -0.4 is 5.32 Å². The first kappa shape index (κ1) is 20.1. The number of hydrogen-bond acceptors (Lipinski definition) is 2. The van der Waals surface area contributed by atoms with Gasteiger partial charge in [-0.1, -0.05) is 61.0 Å². The first-order valence-corrected chi connectivity index (χ1v) is 10.1. The molecule has 0 bridgehead atoms. The van der Waals surface area contributed by atoms with Crippen molar-refractivity contribution in [1.29, 1.82) is 0 Å². The average Bonchev–Trinajstić information content (AvgIpc) is 2.72. The summed E-state index contributed by atoms with van der Waals surface area (Å²) in [5.41, 5.74) is 4.13. The van der Waals surface area contributed by atoms with Gasteiger partial charge in [0.1, 0.15) is 0 Å². The van der Waals surface area contributed by atoms with Gasteiger partial charge in [0.15, 0.2) is 0 Å². The number of likely N-dealkylation sites (tertiary alicyclic amines) is 1. The lowest BCUT2D eigenvalue weighted by atomic mass is 9.74. The lowest BCUT2D eigenvalue weighted by Crippen LogP contribution is -2.53. The van der Waals surface area contributed by atoms with Crippen molar-refractivity contribution in [3.8, 4) is 11.1 Å². The highest BCUT2D eigenvalue weighted by Crippen LogP contribution is 2.35. The molecule has 1 atom stereocenters. The zero-order valence-corrected chi connectivity index (χ0v) is 17.1. The maximum atomic E-state index is 12.9. The van der Waals surface area contributed by atoms with Crippen LogP contribution in [-0.2, 0) is 16.0 Å². The van der Waals surface area contributed by atoms with Crippen molar-refractivity contribution in [2.24, 2.45) is 5.41 Å². The highest BCUT2D eigenvalue weighted by Gasteiger charge is 2.42. The highest BCUT2D eigenvalue weighted by atomic mass is 16.2. The molecule has 148 valence electrons. The molecule has 0 saturated carbocycles. The Kier molecular flexibility index (Phi) is 6.18. The average molecular weight is 379 g/mol. The highest BCUT2D eigenvalue weighted by molar-refractivity contribution is 5.85. The Labute approximate surface area is 167 Å². The van der Waals surface area contributed by atoms with Crippen LogP contribution in [0.25, 0.3) is 11.1 Å². The predicted molar refractivity (Wildman–Crippen MR) is 113 cm³/mol. The summed E-state index contributed by atoms with van der Waals surface area (Å²) in [6.45, 7) is 5.21. The molecule has 0 aliphatic carbocycles. The monoisotopic (exact) mass is 378 g/mol. The third kappa shape index (κ3) is 4.27. The van der Waals surface area contributed by atoms with Crippen LogP contribution in [0.2, 0.25) is 0 Å². The normalized spacial score (nSPS) is 19.3. The van der Waals surface area contributed by atoms with Gasteiger partial charge in [-0.05, 0) is 42.9 Å². The standard InChI is InChI=1S/C24H30N2O2/c1-4-22(27)26-13-7-12-24(17-26,23(28)25-3)16-19-9-6-11-21(15-19)20-10-5-8-18(2)14-20/h5-6,8-11,14-15H,4,7,12-13,16-17H2,1-3H3,(H,25,28). The molecule has 1 heterocycles. The molecule has 2 amide bonds. The number of hydrogen-bond donors (Lipinski definition) is 1. The lowest BCUT2D eigenvalue weighted by molar-refractivity contribution is -0.141. The maximum Gasteiger partial charge on any atom is 0.228 e. The van der Waals surface area contributed by atoms with E-state index >= 15 is 0 Å². The predicted octanol–water partition coefficient (Wildman–Crippen LogP) is 3.97. The van der Waals surface area contributed by atoms with E-state index in [0.717, 1.165) is 30.5 Å². The van der Waals surface area contributed by atoms with E-state index in [1.165, 1.54) is 11.1 Å². The Bertz CT molecular complexity index is 861. The van der Waals surface area contributed by atoms with E-state index < -0.39 is 5.41 Å². The zero-order valence-electron chi connectivity index (χ0n) is 17.1. The molecule has 2 aromatic rings. The molecule has 0 spiro atoms. The quantitative estimate of drug-likeness (QED) is 0.856. The van der Waals surface area contributed by atoms with E-state index in [0.29, 0.717) is 19.4 Å². The largest absolute Gasteiger partial charge is 0.359 e. The van der Waals surface area contributed by atoms with E-state index in [4.69, 9.17) is 0 Å². The Balaban J connectivity index is 1.91. The fourth-order valence-corrected chi connectivity index (χ4v) is 4.32. The summed E-state index contributed by atoms with van der Waals surface area (Å²) in [6.07, 6.45) is 2.78. The van der Waals surface area contributed by atoms with E-state index in [-0.39, 0.29) is 11.8 Å². The van der Waals surface area contributed by atoms with E-state index in [2.05, 4.69) is 60.8 Å². The van der Waals surface area contributed by atoms with Gasteiger partial charge in [0.25, 0.3) is 0 Å². The van der Waals surface area contributed by atoms with Crippen LogP contribution in [0.5, 0.6) is 0 Å². The number of carbonyl (C=O) groups excluding carboxylic acids is 2. The van der Waals surface area contributed by atoms with Gasteiger partial charge in [-0.3, -0.25) is 9.59 Å². The number of rotatable bonds is 5. The fourth-order valence-electron chi connectivity index (χ4n) is 4.32. The minimum absolute atomic E-state index is 0.0297. The van der Waals surface area contributed by atoms with Crippen molar-refractivity contribution in [1.82, 2.24) is 10.2 Å². The molecule has 1 fully saturated rings. The van der Waals surface area contributed by atoms with Crippen molar-refractivity contribution >= 4 is 11.8 Å². The summed E-state index contributed by atoms with van der Waals surface area (Å²) in [6, 6.07) is 16.9. The first-order chi connectivity index (χ1) is 13.5. The second kappa shape index (κ2) is 8.59. The summed E-state index contributed by atoms with van der Waals surface area (Å²) in [7, 11) is 1.69. The molecule has 4 nitrogen and oxygen atoms in total. The van der Waals surface area contributed by atoms with Gasteiger partial charge < -0.3 is 10.2 Å². The number of aryl methyl sites for hydroxylation is 1. The Morgan fingerprint density at radius 2 is 1.82 bits per heavy atom. The number of nitrogens with zero attached hydrogens (tertiary/aromatic N) is 1. The summed E-state index contributed by atoms with van der Waals surface area (Å²) < 4.78 is 0. The molecular formula is C24H30N2O2. The molecule has 0 aromatic heterocycles. The molecule has 2 aromatic carbocycles. The van der Waals surface area contributed by atoms with Gasteiger partial charge in [-0.15, -0.1) is 0 Å². The van der Waals surface area contributed by atoms with Gasteiger partial charge >= 0.3 is 0 Å². The van der Waals surface area contributed by atoms with Crippen molar-refractivity contribution < 1.29 is 9.59 Å². The number of piperidine rings is 1. The summed E-state index contributed by atoms with van der Waals surface area (Å²) in [5.74, 6) is 0.156.